The van der Waals surface area contributed by atoms with E-state index >= 15 is 0 Å². The van der Waals surface area contributed by atoms with E-state index in [4.69, 9.17) is 0 Å². The molecule has 0 aliphatic carbocycles. The molecule has 15 heavy (non-hydrogen) atoms. The lowest BCUT2D eigenvalue weighted by Gasteiger charge is -2.15. The van der Waals surface area contributed by atoms with Crippen LogP contribution >= 0.6 is 15.9 Å². The molecule has 0 aromatic carbocycles. The van der Waals surface area contributed by atoms with Crippen molar-refractivity contribution in [2.45, 2.75) is 31.0 Å². The summed E-state index contributed by atoms with van der Waals surface area (Å²) in [4.78, 5) is 14.7. The Morgan fingerprint density at radius 3 is 2.87 bits per heavy atom. The maximum absolute atomic E-state index is 10.8. The summed E-state index contributed by atoms with van der Waals surface area (Å²) < 4.78 is 0. The fourth-order valence-corrected chi connectivity index (χ4v) is 1.69. The van der Waals surface area contributed by atoms with Gasteiger partial charge in [0.1, 0.15) is 5.69 Å². The second-order valence-electron chi connectivity index (χ2n) is 3.38. The molecule has 0 saturated carbocycles. The van der Waals surface area contributed by atoms with Crippen molar-refractivity contribution in [3.05, 3.63) is 34.1 Å². The van der Waals surface area contributed by atoms with Gasteiger partial charge in [0.15, 0.2) is 0 Å². The van der Waals surface area contributed by atoms with E-state index in [1.165, 1.54) is 6.07 Å². The first-order valence-electron chi connectivity index (χ1n) is 4.81. The molecule has 1 aromatic heterocycles. The molecule has 1 heterocycles. The smallest absolute Gasteiger partial charge is 0.258 e. The lowest BCUT2D eigenvalue weighted by atomic mass is 10.0. The predicted octanol–water partition coefficient (Wildman–Crippen LogP) is 3.27. The van der Waals surface area contributed by atoms with Gasteiger partial charge in [-0.15, -0.1) is 0 Å². The summed E-state index contributed by atoms with van der Waals surface area (Å²) in [5.41, 5.74) is 0.647. The van der Waals surface area contributed by atoms with Crippen molar-refractivity contribution in [3.8, 4) is 0 Å². The monoisotopic (exact) mass is 272 g/mol. The van der Waals surface area contributed by atoms with Crippen LogP contribution in [-0.4, -0.2) is 14.7 Å². The molecule has 0 aliphatic heterocycles. The summed E-state index contributed by atoms with van der Waals surface area (Å²) in [5, 5.41) is 10.8. The Labute approximate surface area is 97.0 Å². The predicted molar refractivity (Wildman–Crippen MR) is 62.3 cm³/mol. The Balaban J connectivity index is 3.07. The van der Waals surface area contributed by atoms with E-state index in [2.05, 4.69) is 20.9 Å². The zero-order chi connectivity index (χ0) is 11.4. The Hall–Kier alpha value is -0.970. The van der Waals surface area contributed by atoms with Crippen molar-refractivity contribution < 1.29 is 4.92 Å². The van der Waals surface area contributed by atoms with Gasteiger partial charge in [-0.25, -0.2) is 0 Å². The Morgan fingerprint density at radius 2 is 2.33 bits per heavy atom. The second-order valence-corrected chi connectivity index (χ2v) is 4.55. The van der Waals surface area contributed by atoms with Gasteiger partial charge in [0.2, 0.25) is 0 Å². The minimum absolute atomic E-state index is 0.0385. The lowest BCUT2D eigenvalue weighted by molar-refractivity contribution is -0.386. The SMILES string of the molecule is CCC(Br)C(C)c1ncccc1[N+](=O)[O-]. The number of hydrogen-bond acceptors (Lipinski definition) is 3. The number of alkyl halides is 1. The second kappa shape index (κ2) is 5.21. The molecule has 5 heteroatoms. The molecule has 0 radical (unpaired) electrons. The number of nitro groups is 1. The van der Waals surface area contributed by atoms with Gasteiger partial charge in [0.05, 0.1) is 4.92 Å². The third-order valence-electron chi connectivity index (χ3n) is 2.38. The van der Waals surface area contributed by atoms with E-state index in [0.29, 0.717) is 5.69 Å². The highest BCUT2D eigenvalue weighted by molar-refractivity contribution is 9.09. The summed E-state index contributed by atoms with van der Waals surface area (Å²) in [6.07, 6.45) is 2.50. The summed E-state index contributed by atoms with van der Waals surface area (Å²) in [6, 6.07) is 3.08. The first kappa shape index (κ1) is 12.1. The molecular weight excluding hydrogens is 260 g/mol. The van der Waals surface area contributed by atoms with Crippen LogP contribution in [0, 0.1) is 10.1 Å². The van der Waals surface area contributed by atoms with Crippen LogP contribution < -0.4 is 0 Å². The van der Waals surface area contributed by atoms with Gasteiger partial charge in [-0.1, -0.05) is 29.8 Å². The van der Waals surface area contributed by atoms with Crippen LogP contribution in [0.2, 0.25) is 0 Å². The van der Waals surface area contributed by atoms with Crippen molar-refractivity contribution in [2.75, 3.05) is 0 Å². The zero-order valence-corrected chi connectivity index (χ0v) is 10.3. The van der Waals surface area contributed by atoms with Gasteiger partial charge in [0.25, 0.3) is 5.69 Å². The van der Waals surface area contributed by atoms with Crippen LogP contribution in [0.15, 0.2) is 18.3 Å². The fourth-order valence-electron chi connectivity index (χ4n) is 1.44. The maximum Gasteiger partial charge on any atom is 0.291 e. The van der Waals surface area contributed by atoms with Gasteiger partial charge < -0.3 is 0 Å². The van der Waals surface area contributed by atoms with Crippen LogP contribution in [0.4, 0.5) is 5.69 Å². The first-order chi connectivity index (χ1) is 7.07. The van der Waals surface area contributed by atoms with Gasteiger partial charge >= 0.3 is 0 Å². The number of rotatable bonds is 4. The molecule has 0 saturated heterocycles. The molecule has 2 unspecified atom stereocenters. The van der Waals surface area contributed by atoms with Crippen molar-refractivity contribution in [1.82, 2.24) is 4.98 Å². The molecule has 0 amide bonds. The topological polar surface area (TPSA) is 56.0 Å². The summed E-state index contributed by atoms with van der Waals surface area (Å²) in [7, 11) is 0. The summed E-state index contributed by atoms with van der Waals surface area (Å²) in [5.74, 6) is 0.0385. The summed E-state index contributed by atoms with van der Waals surface area (Å²) in [6.45, 7) is 3.98. The average Bonchev–Trinajstić information content (AvgIpc) is 2.27. The van der Waals surface area contributed by atoms with E-state index in [1.54, 1.807) is 12.3 Å². The standard InChI is InChI=1S/C10H13BrN2O2/c1-3-8(11)7(2)10-9(13(14)15)5-4-6-12-10/h4-8H,3H2,1-2H3. The number of halogens is 1. The minimum atomic E-state index is -0.381. The molecule has 2 atom stereocenters. The molecular formula is C10H13BrN2O2. The highest BCUT2D eigenvalue weighted by Gasteiger charge is 2.24. The van der Waals surface area contributed by atoms with Crippen molar-refractivity contribution in [1.29, 1.82) is 0 Å². The molecule has 0 fully saturated rings. The van der Waals surface area contributed by atoms with Gasteiger partial charge in [0, 0.05) is 23.0 Å². The van der Waals surface area contributed by atoms with E-state index < -0.39 is 0 Å². The highest BCUT2D eigenvalue weighted by atomic mass is 79.9. The van der Waals surface area contributed by atoms with Gasteiger partial charge in [-0.3, -0.25) is 15.1 Å². The third-order valence-corrected chi connectivity index (χ3v) is 3.82. The largest absolute Gasteiger partial charge is 0.291 e. The quantitative estimate of drug-likeness (QED) is 0.480. The van der Waals surface area contributed by atoms with E-state index in [-0.39, 0.29) is 21.4 Å². The molecule has 4 nitrogen and oxygen atoms in total. The fraction of sp³-hybridized carbons (Fsp3) is 0.500. The zero-order valence-electron chi connectivity index (χ0n) is 8.68. The van der Waals surface area contributed by atoms with E-state index in [9.17, 15) is 10.1 Å². The van der Waals surface area contributed by atoms with Crippen molar-refractivity contribution in [3.63, 3.8) is 0 Å². The van der Waals surface area contributed by atoms with Gasteiger partial charge in [-0.05, 0) is 12.5 Å². The lowest BCUT2D eigenvalue weighted by Crippen LogP contribution is -2.11. The average molecular weight is 273 g/mol. The summed E-state index contributed by atoms with van der Waals surface area (Å²) >= 11 is 3.50. The third kappa shape index (κ3) is 2.75. The first-order valence-corrected chi connectivity index (χ1v) is 5.72. The molecule has 1 rings (SSSR count). The van der Waals surface area contributed by atoms with Crippen LogP contribution in [0.1, 0.15) is 31.9 Å². The maximum atomic E-state index is 10.8. The van der Waals surface area contributed by atoms with Crippen LogP contribution in [0.5, 0.6) is 0 Å². The normalized spacial score (nSPS) is 14.6. The highest BCUT2D eigenvalue weighted by Crippen LogP contribution is 2.30. The van der Waals surface area contributed by atoms with Crippen LogP contribution in [-0.2, 0) is 0 Å². The van der Waals surface area contributed by atoms with E-state index in [0.717, 1.165) is 6.42 Å². The van der Waals surface area contributed by atoms with Gasteiger partial charge in [-0.2, -0.15) is 0 Å². The van der Waals surface area contributed by atoms with Crippen molar-refractivity contribution >= 4 is 21.6 Å². The molecule has 0 aliphatic rings. The number of pyridine rings is 1. The van der Waals surface area contributed by atoms with Crippen LogP contribution in [0.25, 0.3) is 0 Å². The number of hydrogen-bond donors (Lipinski definition) is 0. The molecule has 0 bridgehead atoms. The Bertz CT molecular complexity index is 357. The number of aromatic nitrogens is 1. The molecule has 0 spiro atoms. The minimum Gasteiger partial charge on any atom is -0.258 e. The van der Waals surface area contributed by atoms with Crippen LogP contribution in [0.3, 0.4) is 0 Å². The van der Waals surface area contributed by atoms with E-state index in [1.807, 2.05) is 13.8 Å². The molecule has 1 aromatic rings. The Kier molecular flexibility index (Phi) is 4.20. The van der Waals surface area contributed by atoms with Crippen molar-refractivity contribution in [2.24, 2.45) is 0 Å². The molecule has 0 N–H and O–H groups in total. The number of nitrogens with zero attached hydrogens (tertiary/aromatic N) is 2. The Morgan fingerprint density at radius 1 is 1.67 bits per heavy atom. The molecule has 82 valence electrons.